The van der Waals surface area contributed by atoms with Crippen molar-refractivity contribution in [2.45, 2.75) is 56.9 Å². The summed E-state index contributed by atoms with van der Waals surface area (Å²) in [5, 5.41) is 6.29. The molecule has 10 nitrogen and oxygen atoms in total. The van der Waals surface area contributed by atoms with Crippen molar-refractivity contribution in [2.24, 2.45) is 23.7 Å². The largest absolute Gasteiger partial charge is 0.497 e. The van der Waals surface area contributed by atoms with Crippen LogP contribution in [0.4, 0.5) is 5.69 Å². The number of anilines is 1. The molecule has 3 saturated heterocycles. The molecule has 5 aliphatic rings. The van der Waals surface area contributed by atoms with E-state index in [-0.39, 0.29) is 23.8 Å². The van der Waals surface area contributed by atoms with Crippen LogP contribution in [0.2, 0.25) is 0 Å². The monoisotopic (exact) mass is 566 g/mol. The Morgan fingerprint density at radius 3 is 2.56 bits per heavy atom. The number of likely N-dealkylation sites (tertiary alicyclic amines) is 1. The van der Waals surface area contributed by atoms with Crippen molar-refractivity contribution in [3.63, 3.8) is 0 Å². The molecular formula is C31H42N4O6. The molecule has 4 fully saturated rings. The molecule has 4 heterocycles. The molecule has 0 aromatic heterocycles. The van der Waals surface area contributed by atoms with Crippen LogP contribution < -0.4 is 15.4 Å². The molecule has 6 rings (SSSR count). The highest BCUT2D eigenvalue weighted by molar-refractivity contribution is 6.02. The van der Waals surface area contributed by atoms with Gasteiger partial charge in [-0.15, -0.1) is 0 Å². The van der Waals surface area contributed by atoms with Crippen LogP contribution in [0.15, 0.2) is 36.4 Å². The molecule has 1 aromatic carbocycles. The lowest BCUT2D eigenvalue weighted by atomic mass is 9.73. The van der Waals surface area contributed by atoms with E-state index < -0.39 is 29.6 Å². The second kappa shape index (κ2) is 11.4. The minimum Gasteiger partial charge on any atom is -0.497 e. The number of rotatable bonds is 8. The predicted molar refractivity (Wildman–Crippen MR) is 152 cm³/mol. The van der Waals surface area contributed by atoms with E-state index in [9.17, 15) is 14.4 Å². The first kappa shape index (κ1) is 28.2. The summed E-state index contributed by atoms with van der Waals surface area (Å²) in [6.45, 7) is 8.35. The van der Waals surface area contributed by atoms with Crippen molar-refractivity contribution in [1.29, 1.82) is 0 Å². The van der Waals surface area contributed by atoms with E-state index in [1.54, 1.807) is 36.3 Å². The van der Waals surface area contributed by atoms with Crippen LogP contribution in [0, 0.1) is 23.7 Å². The molecule has 1 spiro atoms. The SMILES string of the molecule is COc1ccc(NC(=O)C2[C@@H]3C=CC4(O3)C(C(=O)NC3CCCC(C)C3C)N(CCN3CCOCC3)C(=O)[C@H]24)cc1. The summed E-state index contributed by atoms with van der Waals surface area (Å²) in [6, 6.07) is 6.31. The number of amides is 3. The number of hydrogen-bond donors (Lipinski definition) is 2. The first-order valence-electron chi connectivity index (χ1n) is 15.1. The molecule has 0 radical (unpaired) electrons. The fraction of sp³-hybridized carbons (Fsp3) is 0.645. The molecule has 1 aromatic rings. The van der Waals surface area contributed by atoms with Gasteiger partial charge in [-0.25, -0.2) is 0 Å². The molecule has 6 unspecified atom stereocenters. The van der Waals surface area contributed by atoms with Gasteiger partial charge < -0.3 is 29.7 Å². The van der Waals surface area contributed by atoms with Gasteiger partial charge in [-0.1, -0.05) is 38.8 Å². The van der Waals surface area contributed by atoms with Gasteiger partial charge in [0.2, 0.25) is 17.7 Å². The average molecular weight is 567 g/mol. The highest BCUT2D eigenvalue weighted by Gasteiger charge is 2.72. The van der Waals surface area contributed by atoms with Gasteiger partial charge in [-0.05, 0) is 42.5 Å². The Morgan fingerprint density at radius 1 is 1.07 bits per heavy atom. The first-order chi connectivity index (χ1) is 19.8. The fourth-order valence-electron chi connectivity index (χ4n) is 7.53. The average Bonchev–Trinajstić information content (AvgIpc) is 3.62. The number of carbonyl (C=O) groups excluding carboxylic acids is 3. The Kier molecular flexibility index (Phi) is 7.82. The lowest BCUT2D eigenvalue weighted by Gasteiger charge is -2.38. The molecule has 222 valence electrons. The predicted octanol–water partition coefficient (Wildman–Crippen LogP) is 2.06. The smallest absolute Gasteiger partial charge is 0.246 e. The van der Waals surface area contributed by atoms with Gasteiger partial charge in [0, 0.05) is 37.9 Å². The van der Waals surface area contributed by atoms with Gasteiger partial charge in [0.15, 0.2) is 0 Å². The van der Waals surface area contributed by atoms with Crippen molar-refractivity contribution >= 4 is 23.4 Å². The second-order valence-corrected chi connectivity index (χ2v) is 12.3. The number of benzene rings is 1. The zero-order valence-electron chi connectivity index (χ0n) is 24.2. The number of morpholine rings is 1. The lowest BCUT2D eigenvalue weighted by molar-refractivity contribution is -0.142. The Labute approximate surface area is 241 Å². The van der Waals surface area contributed by atoms with E-state index in [2.05, 4.69) is 29.4 Å². The summed E-state index contributed by atoms with van der Waals surface area (Å²) in [4.78, 5) is 46.0. The van der Waals surface area contributed by atoms with E-state index >= 15 is 0 Å². The zero-order valence-corrected chi connectivity index (χ0v) is 24.2. The van der Waals surface area contributed by atoms with Crippen LogP contribution in [0.3, 0.4) is 0 Å². The molecule has 1 aliphatic carbocycles. The van der Waals surface area contributed by atoms with Crippen LogP contribution in [0.25, 0.3) is 0 Å². The number of methoxy groups -OCH3 is 1. The van der Waals surface area contributed by atoms with Gasteiger partial charge in [-0.2, -0.15) is 0 Å². The molecular weight excluding hydrogens is 524 g/mol. The number of fused-ring (bicyclic) bond motifs is 1. The van der Waals surface area contributed by atoms with Crippen LogP contribution >= 0.6 is 0 Å². The van der Waals surface area contributed by atoms with Gasteiger partial charge in [0.1, 0.15) is 17.4 Å². The highest BCUT2D eigenvalue weighted by Crippen LogP contribution is 2.55. The van der Waals surface area contributed by atoms with Crippen molar-refractivity contribution in [3.8, 4) is 5.75 Å². The molecule has 8 atom stereocenters. The third-order valence-corrected chi connectivity index (χ3v) is 10.1. The summed E-state index contributed by atoms with van der Waals surface area (Å²) in [5.74, 6) is -0.600. The number of nitrogens with one attached hydrogen (secondary N) is 2. The molecule has 3 amide bonds. The van der Waals surface area contributed by atoms with Crippen LogP contribution in [-0.4, -0.2) is 97.8 Å². The summed E-state index contributed by atoms with van der Waals surface area (Å²) in [6.07, 6.45) is 6.33. The van der Waals surface area contributed by atoms with Gasteiger partial charge in [-0.3, -0.25) is 19.3 Å². The minimum absolute atomic E-state index is 0.0506. The number of nitrogens with zero attached hydrogens (tertiary/aromatic N) is 2. The molecule has 10 heteroatoms. The van der Waals surface area contributed by atoms with E-state index in [1.165, 1.54) is 0 Å². The second-order valence-electron chi connectivity index (χ2n) is 12.3. The maximum Gasteiger partial charge on any atom is 0.246 e. The third kappa shape index (κ3) is 5.04. The molecule has 2 bridgehead atoms. The molecule has 41 heavy (non-hydrogen) atoms. The van der Waals surface area contributed by atoms with Crippen molar-refractivity contribution in [1.82, 2.24) is 15.1 Å². The zero-order chi connectivity index (χ0) is 28.7. The minimum atomic E-state index is -1.16. The Hall–Kier alpha value is -2.95. The van der Waals surface area contributed by atoms with Crippen molar-refractivity contribution < 1.29 is 28.6 Å². The first-order valence-corrected chi connectivity index (χ1v) is 15.1. The standard InChI is InChI=1S/C31H42N4O6/c1-19-5-4-6-23(20(19)2)33-29(37)27-31-12-11-24(41-31)25(28(36)32-21-7-9-22(39-3)10-8-21)26(31)30(38)35(27)14-13-34-15-17-40-18-16-34/h7-12,19-20,23-27H,4-6,13-18H2,1-3H3,(H,32,36)(H,33,37)/t19?,20?,23?,24-,25?,26-,27?,31?/m0/s1. The van der Waals surface area contributed by atoms with Gasteiger partial charge in [0.25, 0.3) is 0 Å². The third-order valence-electron chi connectivity index (χ3n) is 10.1. The number of ether oxygens (including phenoxy) is 3. The highest BCUT2D eigenvalue weighted by atomic mass is 16.5. The summed E-state index contributed by atoms with van der Waals surface area (Å²) < 4.78 is 17.2. The Balaban J connectivity index is 1.26. The summed E-state index contributed by atoms with van der Waals surface area (Å²) >= 11 is 0. The fourth-order valence-corrected chi connectivity index (χ4v) is 7.53. The van der Waals surface area contributed by atoms with Crippen molar-refractivity contribution in [2.75, 3.05) is 51.8 Å². The van der Waals surface area contributed by atoms with Crippen LogP contribution in [-0.2, 0) is 23.9 Å². The lowest BCUT2D eigenvalue weighted by Crippen LogP contribution is -2.58. The van der Waals surface area contributed by atoms with Gasteiger partial charge >= 0.3 is 0 Å². The van der Waals surface area contributed by atoms with Gasteiger partial charge in [0.05, 0.1) is 38.3 Å². The number of carbonyl (C=O) groups is 3. The molecule has 2 N–H and O–H groups in total. The van der Waals surface area contributed by atoms with E-state index in [1.807, 2.05) is 12.2 Å². The normalized spacial score (nSPS) is 36.3. The molecule has 1 saturated carbocycles. The van der Waals surface area contributed by atoms with E-state index in [0.717, 1.165) is 32.4 Å². The van der Waals surface area contributed by atoms with Crippen LogP contribution in [0.5, 0.6) is 5.75 Å². The van der Waals surface area contributed by atoms with E-state index in [0.29, 0.717) is 49.6 Å². The summed E-state index contributed by atoms with van der Waals surface area (Å²) in [5.41, 5.74) is -0.552. The Bertz CT molecular complexity index is 1180. The van der Waals surface area contributed by atoms with E-state index in [4.69, 9.17) is 14.2 Å². The number of hydrogen-bond acceptors (Lipinski definition) is 7. The molecule has 4 aliphatic heterocycles. The summed E-state index contributed by atoms with van der Waals surface area (Å²) in [7, 11) is 1.59. The maximum absolute atomic E-state index is 14.2. The van der Waals surface area contributed by atoms with Crippen molar-refractivity contribution in [3.05, 3.63) is 36.4 Å². The topological polar surface area (TPSA) is 109 Å². The van der Waals surface area contributed by atoms with Crippen LogP contribution in [0.1, 0.15) is 33.1 Å². The Morgan fingerprint density at radius 2 is 1.83 bits per heavy atom. The maximum atomic E-state index is 14.2. The quantitative estimate of drug-likeness (QED) is 0.464.